The summed E-state index contributed by atoms with van der Waals surface area (Å²) in [4.78, 5) is 0. The predicted octanol–water partition coefficient (Wildman–Crippen LogP) is 1.88. The van der Waals surface area contributed by atoms with E-state index in [1.807, 2.05) is 10.9 Å². The van der Waals surface area contributed by atoms with Crippen LogP contribution in [0.1, 0.15) is 19.8 Å². The van der Waals surface area contributed by atoms with Gasteiger partial charge in [-0.3, -0.25) is 4.68 Å². The molecule has 1 aromatic heterocycles. The van der Waals surface area contributed by atoms with Crippen molar-refractivity contribution in [2.24, 2.45) is 0 Å². The molecule has 0 aliphatic heterocycles. The first-order valence-corrected chi connectivity index (χ1v) is 5.79. The van der Waals surface area contributed by atoms with Crippen molar-refractivity contribution in [2.75, 3.05) is 13.1 Å². The largest absolute Gasteiger partial charge is 0.317 e. The highest BCUT2D eigenvalue weighted by molar-refractivity contribution is 14.1. The maximum absolute atomic E-state index is 4.22. The van der Waals surface area contributed by atoms with Crippen molar-refractivity contribution in [2.45, 2.75) is 26.3 Å². The van der Waals surface area contributed by atoms with Gasteiger partial charge in [0, 0.05) is 12.7 Å². The Bertz CT molecular complexity index is 235. The van der Waals surface area contributed by atoms with E-state index in [-0.39, 0.29) is 0 Å². The molecule has 1 N–H and O–H groups in total. The highest BCUT2D eigenvalue weighted by Gasteiger charge is 1.94. The first-order valence-electron chi connectivity index (χ1n) is 4.71. The second-order valence-electron chi connectivity index (χ2n) is 2.98. The fourth-order valence-electron chi connectivity index (χ4n) is 1.16. The molecule has 0 saturated heterocycles. The number of aryl methyl sites for hydroxylation is 1. The van der Waals surface area contributed by atoms with E-state index in [9.17, 15) is 0 Å². The quantitative estimate of drug-likeness (QED) is 0.641. The number of rotatable bonds is 6. The molecule has 74 valence electrons. The molecule has 0 bridgehead atoms. The van der Waals surface area contributed by atoms with Crippen LogP contribution in [0.2, 0.25) is 0 Å². The molecule has 13 heavy (non-hydrogen) atoms. The third-order valence-corrected chi connectivity index (χ3v) is 2.40. The summed E-state index contributed by atoms with van der Waals surface area (Å²) in [6.45, 7) is 5.36. The van der Waals surface area contributed by atoms with Crippen LogP contribution < -0.4 is 5.32 Å². The van der Waals surface area contributed by atoms with Crippen LogP contribution in [0.3, 0.4) is 0 Å². The van der Waals surface area contributed by atoms with Crippen molar-refractivity contribution in [3.63, 3.8) is 0 Å². The SMILES string of the molecule is CCNCCCCn1cc(I)cn1. The molecule has 1 aromatic rings. The molecular formula is C9H16IN3. The van der Waals surface area contributed by atoms with E-state index in [0.717, 1.165) is 19.6 Å². The first kappa shape index (κ1) is 11.0. The molecule has 1 rings (SSSR count). The van der Waals surface area contributed by atoms with Crippen molar-refractivity contribution < 1.29 is 0 Å². The van der Waals surface area contributed by atoms with E-state index < -0.39 is 0 Å². The van der Waals surface area contributed by atoms with Gasteiger partial charge in [0.15, 0.2) is 0 Å². The van der Waals surface area contributed by atoms with Crippen molar-refractivity contribution in [1.29, 1.82) is 0 Å². The van der Waals surface area contributed by atoms with Gasteiger partial charge >= 0.3 is 0 Å². The van der Waals surface area contributed by atoms with E-state index in [4.69, 9.17) is 0 Å². The zero-order chi connectivity index (χ0) is 9.52. The Morgan fingerprint density at radius 3 is 3.00 bits per heavy atom. The Hall–Kier alpha value is -0.100. The molecule has 0 aromatic carbocycles. The minimum Gasteiger partial charge on any atom is -0.317 e. The van der Waals surface area contributed by atoms with Crippen LogP contribution in [0.15, 0.2) is 12.4 Å². The lowest BCUT2D eigenvalue weighted by molar-refractivity contribution is 0.540. The zero-order valence-corrected chi connectivity index (χ0v) is 10.1. The third-order valence-electron chi connectivity index (χ3n) is 1.84. The minimum absolute atomic E-state index is 1.04. The summed E-state index contributed by atoms with van der Waals surface area (Å²) in [6.07, 6.45) is 6.40. The smallest absolute Gasteiger partial charge is 0.0623 e. The highest BCUT2D eigenvalue weighted by Crippen LogP contribution is 2.02. The van der Waals surface area contributed by atoms with Gasteiger partial charge in [-0.15, -0.1) is 0 Å². The number of unbranched alkanes of at least 4 members (excludes halogenated alkanes) is 1. The summed E-state index contributed by atoms with van der Waals surface area (Å²) in [6, 6.07) is 0. The molecule has 0 aliphatic rings. The average Bonchev–Trinajstić information content (AvgIpc) is 2.51. The van der Waals surface area contributed by atoms with E-state index in [0.29, 0.717) is 0 Å². The van der Waals surface area contributed by atoms with Gasteiger partial charge in [-0.25, -0.2) is 0 Å². The Kier molecular flexibility index (Phi) is 5.38. The van der Waals surface area contributed by atoms with Crippen LogP contribution in [0.4, 0.5) is 0 Å². The van der Waals surface area contributed by atoms with Crippen molar-refractivity contribution in [1.82, 2.24) is 15.1 Å². The van der Waals surface area contributed by atoms with Gasteiger partial charge in [0.05, 0.1) is 9.77 Å². The maximum Gasteiger partial charge on any atom is 0.0623 e. The highest BCUT2D eigenvalue weighted by atomic mass is 127. The van der Waals surface area contributed by atoms with Gasteiger partial charge in [-0.1, -0.05) is 6.92 Å². The molecule has 4 heteroatoms. The van der Waals surface area contributed by atoms with E-state index in [2.05, 4.69) is 46.1 Å². The number of halogens is 1. The van der Waals surface area contributed by atoms with Crippen molar-refractivity contribution in [3.05, 3.63) is 16.0 Å². The van der Waals surface area contributed by atoms with E-state index in [1.54, 1.807) is 0 Å². The Labute approximate surface area is 93.0 Å². The number of nitrogens with zero attached hydrogens (tertiary/aromatic N) is 2. The second-order valence-corrected chi connectivity index (χ2v) is 4.23. The molecule has 0 unspecified atom stereocenters. The minimum atomic E-state index is 1.04. The molecule has 0 amide bonds. The lowest BCUT2D eigenvalue weighted by atomic mass is 10.3. The molecule has 0 atom stereocenters. The van der Waals surface area contributed by atoms with Crippen LogP contribution in [0.25, 0.3) is 0 Å². The maximum atomic E-state index is 4.22. The van der Waals surface area contributed by atoms with Crippen LogP contribution in [0, 0.1) is 3.57 Å². The van der Waals surface area contributed by atoms with Crippen LogP contribution in [-0.2, 0) is 6.54 Å². The Morgan fingerprint density at radius 2 is 2.38 bits per heavy atom. The first-order chi connectivity index (χ1) is 6.33. The summed E-state index contributed by atoms with van der Waals surface area (Å²) in [5, 5.41) is 7.53. The lowest BCUT2D eigenvalue weighted by Crippen LogP contribution is -2.14. The monoisotopic (exact) mass is 293 g/mol. The molecule has 3 nitrogen and oxygen atoms in total. The number of aromatic nitrogens is 2. The number of hydrogen-bond donors (Lipinski definition) is 1. The topological polar surface area (TPSA) is 29.9 Å². The number of hydrogen-bond acceptors (Lipinski definition) is 2. The van der Waals surface area contributed by atoms with Gasteiger partial charge in [-0.2, -0.15) is 5.10 Å². The molecule has 0 fully saturated rings. The van der Waals surface area contributed by atoms with Crippen molar-refractivity contribution >= 4 is 22.6 Å². The predicted molar refractivity (Wildman–Crippen MR) is 62.7 cm³/mol. The third kappa shape index (κ3) is 4.61. The van der Waals surface area contributed by atoms with E-state index in [1.165, 1.54) is 16.4 Å². The summed E-state index contributed by atoms with van der Waals surface area (Å²) in [7, 11) is 0. The van der Waals surface area contributed by atoms with Gasteiger partial charge in [-0.05, 0) is 48.5 Å². The van der Waals surface area contributed by atoms with Crippen LogP contribution in [-0.4, -0.2) is 22.9 Å². The Balaban J connectivity index is 2.06. The molecule has 0 saturated carbocycles. The number of nitrogens with one attached hydrogen (secondary N) is 1. The lowest BCUT2D eigenvalue weighted by Gasteiger charge is -2.01. The summed E-state index contributed by atoms with van der Waals surface area (Å²) in [5.74, 6) is 0. The van der Waals surface area contributed by atoms with Gasteiger partial charge < -0.3 is 5.32 Å². The molecule has 0 radical (unpaired) electrons. The van der Waals surface area contributed by atoms with Gasteiger partial charge in [0.2, 0.25) is 0 Å². The Morgan fingerprint density at radius 1 is 1.54 bits per heavy atom. The van der Waals surface area contributed by atoms with Gasteiger partial charge in [0.25, 0.3) is 0 Å². The van der Waals surface area contributed by atoms with Crippen molar-refractivity contribution in [3.8, 4) is 0 Å². The summed E-state index contributed by atoms with van der Waals surface area (Å²) < 4.78 is 3.22. The standard InChI is InChI=1S/C9H16IN3/c1-2-11-5-3-4-6-13-8-9(10)7-12-13/h7-8,11H,2-6H2,1H3. The summed E-state index contributed by atoms with van der Waals surface area (Å²) in [5.41, 5.74) is 0. The van der Waals surface area contributed by atoms with Gasteiger partial charge in [0.1, 0.15) is 0 Å². The van der Waals surface area contributed by atoms with E-state index >= 15 is 0 Å². The fourth-order valence-corrected chi connectivity index (χ4v) is 1.61. The van der Waals surface area contributed by atoms with Crippen LogP contribution >= 0.6 is 22.6 Å². The molecule has 1 heterocycles. The fraction of sp³-hybridized carbons (Fsp3) is 0.667. The zero-order valence-electron chi connectivity index (χ0n) is 7.96. The normalized spacial score (nSPS) is 10.6. The molecule has 0 spiro atoms. The second kappa shape index (κ2) is 6.37. The van der Waals surface area contributed by atoms with Crippen LogP contribution in [0.5, 0.6) is 0 Å². The average molecular weight is 293 g/mol. The molecular weight excluding hydrogens is 277 g/mol. The summed E-state index contributed by atoms with van der Waals surface area (Å²) >= 11 is 2.28. The molecule has 0 aliphatic carbocycles.